The summed E-state index contributed by atoms with van der Waals surface area (Å²) in [6.45, 7) is 8.90. The lowest BCUT2D eigenvalue weighted by Crippen LogP contribution is -2.45. The number of morpholine rings is 1. The fourth-order valence-corrected chi connectivity index (χ4v) is 5.34. The third-order valence-corrected chi connectivity index (χ3v) is 7.27. The first-order valence-electron chi connectivity index (χ1n) is 13.3. The zero-order valence-electron chi connectivity index (χ0n) is 22.1. The number of amides is 1. The van der Waals surface area contributed by atoms with E-state index in [2.05, 4.69) is 41.3 Å². The molecule has 0 aromatic heterocycles. The Bertz CT molecular complexity index is 1150. The zero-order valence-corrected chi connectivity index (χ0v) is 22.1. The van der Waals surface area contributed by atoms with Gasteiger partial charge in [-0.3, -0.25) is 9.69 Å². The van der Waals surface area contributed by atoms with Gasteiger partial charge in [0.1, 0.15) is 0 Å². The van der Waals surface area contributed by atoms with Crippen molar-refractivity contribution in [1.29, 1.82) is 0 Å². The van der Waals surface area contributed by atoms with Crippen LogP contribution in [0.15, 0.2) is 59.7 Å². The molecule has 3 aliphatic rings. The van der Waals surface area contributed by atoms with Gasteiger partial charge in [-0.2, -0.15) is 5.10 Å². The Hall–Kier alpha value is -3.16. The largest absolute Gasteiger partial charge is 0.493 e. The predicted molar refractivity (Wildman–Crippen MR) is 144 cm³/mol. The standard InChI is InChI=1S/C30H37N3O4/c1-21(2)37-28-18-24(12-13-27(28)35-3)29-25-6-4-5-7-26(25)30(34)33(31-29)20-23-10-8-22(9-11-23)19-32-14-16-36-17-15-32/h4-5,8-13,18,21,25-26H,6-7,14-17,19-20H2,1-3H3/t25-,26+/m0/s1. The Morgan fingerprint density at radius 2 is 1.62 bits per heavy atom. The maximum Gasteiger partial charge on any atom is 0.247 e. The Morgan fingerprint density at radius 3 is 2.30 bits per heavy atom. The van der Waals surface area contributed by atoms with Crippen molar-refractivity contribution in [3.05, 3.63) is 71.3 Å². The topological polar surface area (TPSA) is 63.6 Å². The van der Waals surface area contributed by atoms with E-state index in [-0.39, 0.29) is 23.8 Å². The number of nitrogens with zero attached hydrogens (tertiary/aromatic N) is 3. The van der Waals surface area contributed by atoms with Crippen LogP contribution < -0.4 is 9.47 Å². The van der Waals surface area contributed by atoms with Crippen molar-refractivity contribution in [3.63, 3.8) is 0 Å². The number of ether oxygens (including phenoxy) is 3. The molecule has 7 heteroatoms. The molecule has 0 spiro atoms. The maximum atomic E-state index is 13.5. The van der Waals surface area contributed by atoms with E-state index in [4.69, 9.17) is 19.3 Å². The van der Waals surface area contributed by atoms with Crippen LogP contribution in [0.25, 0.3) is 0 Å². The molecule has 1 amide bonds. The molecule has 2 aliphatic heterocycles. The molecule has 1 saturated heterocycles. The minimum atomic E-state index is -0.102. The molecule has 0 saturated carbocycles. The van der Waals surface area contributed by atoms with Crippen LogP contribution >= 0.6 is 0 Å². The summed E-state index contributed by atoms with van der Waals surface area (Å²) >= 11 is 0. The highest BCUT2D eigenvalue weighted by atomic mass is 16.5. The summed E-state index contributed by atoms with van der Waals surface area (Å²) in [4.78, 5) is 15.9. The minimum Gasteiger partial charge on any atom is -0.493 e. The van der Waals surface area contributed by atoms with Gasteiger partial charge in [-0.15, -0.1) is 0 Å². The van der Waals surface area contributed by atoms with Gasteiger partial charge in [0.15, 0.2) is 11.5 Å². The van der Waals surface area contributed by atoms with Crippen LogP contribution in [-0.2, 0) is 22.6 Å². The van der Waals surface area contributed by atoms with Crippen molar-refractivity contribution in [3.8, 4) is 11.5 Å². The lowest BCUT2D eigenvalue weighted by molar-refractivity contribution is -0.138. The highest BCUT2D eigenvalue weighted by Crippen LogP contribution is 2.37. The van der Waals surface area contributed by atoms with Crippen LogP contribution in [-0.4, -0.2) is 61.0 Å². The van der Waals surface area contributed by atoms with Gasteiger partial charge in [0, 0.05) is 31.1 Å². The van der Waals surface area contributed by atoms with Crippen molar-refractivity contribution in [2.45, 2.75) is 45.9 Å². The van der Waals surface area contributed by atoms with E-state index < -0.39 is 0 Å². The number of methoxy groups -OCH3 is 1. The second-order valence-electron chi connectivity index (χ2n) is 10.3. The van der Waals surface area contributed by atoms with Crippen molar-refractivity contribution in [2.75, 3.05) is 33.4 Å². The average molecular weight is 504 g/mol. The van der Waals surface area contributed by atoms with Gasteiger partial charge in [0.05, 0.1) is 44.6 Å². The number of hydrogen-bond donors (Lipinski definition) is 0. The summed E-state index contributed by atoms with van der Waals surface area (Å²) in [7, 11) is 1.65. The molecule has 7 nitrogen and oxygen atoms in total. The van der Waals surface area contributed by atoms with Gasteiger partial charge in [0.25, 0.3) is 0 Å². The smallest absolute Gasteiger partial charge is 0.247 e. The number of benzene rings is 2. The number of carbonyl (C=O) groups excluding carboxylic acids is 1. The highest BCUT2D eigenvalue weighted by Gasteiger charge is 2.40. The molecule has 0 unspecified atom stereocenters. The van der Waals surface area contributed by atoms with Gasteiger partial charge in [-0.25, -0.2) is 5.01 Å². The molecule has 5 rings (SSSR count). The normalized spacial score (nSPS) is 22.1. The molecule has 2 aromatic rings. The Kier molecular flexibility index (Phi) is 7.91. The van der Waals surface area contributed by atoms with Gasteiger partial charge in [0.2, 0.25) is 5.91 Å². The van der Waals surface area contributed by atoms with E-state index in [1.165, 1.54) is 5.56 Å². The number of fused-ring (bicyclic) bond motifs is 1. The SMILES string of the molecule is COc1ccc(C2=NN(Cc3ccc(CN4CCOCC4)cc3)C(=O)[C@@H]3CC=CC[C@H]23)cc1OC(C)C. The molecule has 196 valence electrons. The highest BCUT2D eigenvalue weighted by molar-refractivity contribution is 6.07. The number of hydrazone groups is 1. The minimum absolute atomic E-state index is 0.0205. The van der Waals surface area contributed by atoms with Crippen molar-refractivity contribution in [2.24, 2.45) is 16.9 Å². The third-order valence-electron chi connectivity index (χ3n) is 7.27. The molecule has 1 fully saturated rings. The predicted octanol–water partition coefficient (Wildman–Crippen LogP) is 4.64. The molecule has 2 aromatic carbocycles. The second-order valence-corrected chi connectivity index (χ2v) is 10.3. The molecular weight excluding hydrogens is 466 g/mol. The summed E-state index contributed by atoms with van der Waals surface area (Å²) in [5, 5.41) is 6.62. The lowest BCUT2D eigenvalue weighted by Gasteiger charge is -2.37. The first-order valence-corrected chi connectivity index (χ1v) is 13.3. The van der Waals surface area contributed by atoms with E-state index in [0.29, 0.717) is 18.0 Å². The number of carbonyl (C=O) groups is 1. The van der Waals surface area contributed by atoms with Gasteiger partial charge < -0.3 is 14.2 Å². The summed E-state index contributed by atoms with van der Waals surface area (Å²) in [6, 6.07) is 14.5. The lowest BCUT2D eigenvalue weighted by atomic mass is 9.76. The van der Waals surface area contributed by atoms with E-state index >= 15 is 0 Å². The van der Waals surface area contributed by atoms with Gasteiger partial charge in [-0.1, -0.05) is 36.4 Å². The maximum absolute atomic E-state index is 13.5. The number of allylic oxidation sites excluding steroid dienone is 2. The second kappa shape index (κ2) is 11.5. The van der Waals surface area contributed by atoms with E-state index in [1.807, 2.05) is 32.0 Å². The van der Waals surface area contributed by atoms with Crippen molar-refractivity contribution in [1.82, 2.24) is 9.91 Å². The van der Waals surface area contributed by atoms with E-state index in [0.717, 1.165) is 62.5 Å². The fraction of sp³-hybridized carbons (Fsp3) is 0.467. The monoisotopic (exact) mass is 503 g/mol. The first kappa shape index (κ1) is 25.5. The van der Waals surface area contributed by atoms with Crippen LogP contribution in [0.3, 0.4) is 0 Å². The van der Waals surface area contributed by atoms with Crippen LogP contribution in [0.1, 0.15) is 43.4 Å². The summed E-state index contributed by atoms with van der Waals surface area (Å²) in [6.07, 6.45) is 5.87. The average Bonchev–Trinajstić information content (AvgIpc) is 2.91. The van der Waals surface area contributed by atoms with Crippen LogP contribution in [0.4, 0.5) is 0 Å². The van der Waals surface area contributed by atoms with Crippen LogP contribution in [0.2, 0.25) is 0 Å². The quantitative estimate of drug-likeness (QED) is 0.491. The van der Waals surface area contributed by atoms with Crippen molar-refractivity contribution < 1.29 is 19.0 Å². The zero-order chi connectivity index (χ0) is 25.8. The van der Waals surface area contributed by atoms with E-state index in [9.17, 15) is 4.79 Å². The third kappa shape index (κ3) is 5.89. The van der Waals surface area contributed by atoms with Gasteiger partial charge in [-0.05, 0) is 56.0 Å². The first-order chi connectivity index (χ1) is 18.0. The fourth-order valence-electron chi connectivity index (χ4n) is 5.34. The molecule has 0 radical (unpaired) electrons. The molecule has 0 N–H and O–H groups in total. The summed E-state index contributed by atoms with van der Waals surface area (Å²) < 4.78 is 17.0. The summed E-state index contributed by atoms with van der Waals surface area (Å²) in [5.74, 6) is 1.45. The Balaban J connectivity index is 1.39. The Labute approximate surface area is 219 Å². The molecule has 37 heavy (non-hydrogen) atoms. The molecular formula is C30H37N3O4. The van der Waals surface area contributed by atoms with E-state index in [1.54, 1.807) is 12.1 Å². The van der Waals surface area contributed by atoms with Gasteiger partial charge >= 0.3 is 0 Å². The Morgan fingerprint density at radius 1 is 0.946 bits per heavy atom. The van der Waals surface area contributed by atoms with Crippen LogP contribution in [0, 0.1) is 11.8 Å². The molecule has 1 aliphatic carbocycles. The molecule has 2 heterocycles. The molecule has 0 bridgehead atoms. The van der Waals surface area contributed by atoms with Crippen LogP contribution in [0.5, 0.6) is 11.5 Å². The molecule has 2 atom stereocenters. The summed E-state index contributed by atoms with van der Waals surface area (Å²) in [5.41, 5.74) is 4.26. The number of rotatable bonds is 8. The van der Waals surface area contributed by atoms with Crippen molar-refractivity contribution >= 4 is 11.6 Å². The number of hydrogen-bond acceptors (Lipinski definition) is 6.